The van der Waals surface area contributed by atoms with Gasteiger partial charge in [-0.1, -0.05) is 44.0 Å². The van der Waals surface area contributed by atoms with E-state index in [0.29, 0.717) is 46.9 Å². The first kappa shape index (κ1) is 33.7. The van der Waals surface area contributed by atoms with Crippen LogP contribution < -0.4 is 14.8 Å². The molecule has 0 bridgehead atoms. The zero-order valence-electron chi connectivity index (χ0n) is 27.2. The minimum absolute atomic E-state index is 0.163. The van der Waals surface area contributed by atoms with Crippen LogP contribution in [-0.2, 0) is 22.6 Å². The maximum absolute atomic E-state index is 13.1. The molecule has 0 aliphatic rings. The molecular weight excluding hydrogens is 552 g/mol. The minimum atomic E-state index is -0.608. The van der Waals surface area contributed by atoms with E-state index in [1.54, 1.807) is 27.2 Å². The van der Waals surface area contributed by atoms with Gasteiger partial charge < -0.3 is 24.1 Å². The second kappa shape index (κ2) is 14.1. The van der Waals surface area contributed by atoms with Crippen LogP contribution in [0.15, 0.2) is 96.7 Å². The molecular formula is C37H44N2O5. The Balaban J connectivity index is 1.72. The fourth-order valence-electron chi connectivity index (χ4n) is 4.77. The molecule has 0 radical (unpaired) electrons. The van der Waals surface area contributed by atoms with E-state index in [-0.39, 0.29) is 5.91 Å². The highest BCUT2D eigenvalue weighted by atomic mass is 16.6. The Morgan fingerprint density at radius 2 is 1.64 bits per heavy atom. The molecule has 1 heterocycles. The number of ether oxygens (including phenoxy) is 3. The number of aromatic nitrogens is 1. The van der Waals surface area contributed by atoms with Crippen LogP contribution in [0.3, 0.4) is 0 Å². The Morgan fingerprint density at radius 3 is 2.25 bits per heavy atom. The first-order valence-corrected chi connectivity index (χ1v) is 14.4. The van der Waals surface area contributed by atoms with Gasteiger partial charge in [0.15, 0.2) is 11.5 Å². The molecule has 3 aromatic rings. The highest BCUT2D eigenvalue weighted by molar-refractivity contribution is 5.99. The third-order valence-corrected chi connectivity index (χ3v) is 7.30. The van der Waals surface area contributed by atoms with Gasteiger partial charge in [-0.05, 0) is 99.7 Å². The molecule has 0 aliphatic heterocycles. The van der Waals surface area contributed by atoms with E-state index in [0.717, 1.165) is 33.3 Å². The second-order valence-electron chi connectivity index (χ2n) is 11.6. The van der Waals surface area contributed by atoms with Crippen molar-refractivity contribution in [1.29, 1.82) is 0 Å². The quantitative estimate of drug-likeness (QED) is 0.132. The van der Waals surface area contributed by atoms with Crippen molar-refractivity contribution in [3.05, 3.63) is 119 Å². The molecule has 0 saturated carbocycles. The summed E-state index contributed by atoms with van der Waals surface area (Å²) in [5.41, 5.74) is 6.39. The van der Waals surface area contributed by atoms with Crippen LogP contribution in [0.25, 0.3) is 10.9 Å². The van der Waals surface area contributed by atoms with Crippen molar-refractivity contribution in [3.63, 3.8) is 0 Å². The van der Waals surface area contributed by atoms with Crippen LogP contribution in [0, 0.1) is 13.8 Å². The molecule has 0 spiro atoms. The number of carbonyl (C=O) groups excluding carboxylic acids is 2. The number of hydrogen-bond acceptors (Lipinski definition) is 5. The highest BCUT2D eigenvalue weighted by Gasteiger charge is 2.22. The number of benzene rings is 2. The summed E-state index contributed by atoms with van der Waals surface area (Å²) in [5, 5.41) is 4.00. The lowest BCUT2D eigenvalue weighted by atomic mass is 9.99. The van der Waals surface area contributed by atoms with Crippen molar-refractivity contribution in [1.82, 2.24) is 9.88 Å². The maximum Gasteiger partial charge on any atom is 0.338 e. The Kier molecular flexibility index (Phi) is 10.8. The zero-order chi connectivity index (χ0) is 32.8. The van der Waals surface area contributed by atoms with Crippen LogP contribution in [0.4, 0.5) is 0 Å². The average molecular weight is 597 g/mol. The molecule has 0 fully saturated rings. The summed E-state index contributed by atoms with van der Waals surface area (Å²) in [5.74, 6) is 0.654. The molecule has 7 heteroatoms. The molecule has 232 valence electrons. The minimum Gasteiger partial charge on any atom is -0.493 e. The molecule has 1 N–H and O–H groups in total. The van der Waals surface area contributed by atoms with Crippen LogP contribution in [0.2, 0.25) is 0 Å². The van der Waals surface area contributed by atoms with Crippen LogP contribution in [-0.4, -0.2) is 36.3 Å². The van der Waals surface area contributed by atoms with E-state index in [4.69, 9.17) is 14.2 Å². The Bertz CT molecular complexity index is 1680. The van der Waals surface area contributed by atoms with Crippen molar-refractivity contribution >= 4 is 22.8 Å². The summed E-state index contributed by atoms with van der Waals surface area (Å²) < 4.78 is 18.3. The van der Waals surface area contributed by atoms with Crippen molar-refractivity contribution in [2.75, 3.05) is 14.2 Å². The van der Waals surface area contributed by atoms with E-state index in [2.05, 4.69) is 43.5 Å². The Labute approximate surface area is 261 Å². The summed E-state index contributed by atoms with van der Waals surface area (Å²) in [6.45, 7) is 24.7. The average Bonchev–Trinajstić information content (AvgIpc) is 3.21. The van der Waals surface area contributed by atoms with Crippen molar-refractivity contribution in [3.8, 4) is 11.5 Å². The third kappa shape index (κ3) is 7.98. The monoisotopic (exact) mass is 596 g/mol. The molecule has 7 nitrogen and oxygen atoms in total. The lowest BCUT2D eigenvalue weighted by Crippen LogP contribution is -2.25. The molecule has 0 saturated heterocycles. The van der Waals surface area contributed by atoms with E-state index in [9.17, 15) is 9.59 Å². The number of rotatable bonds is 12. The van der Waals surface area contributed by atoms with Gasteiger partial charge in [0.1, 0.15) is 5.60 Å². The van der Waals surface area contributed by atoms with Crippen molar-refractivity contribution in [2.45, 2.75) is 60.2 Å². The summed E-state index contributed by atoms with van der Waals surface area (Å²) in [7, 11) is 3.17. The molecule has 1 amide bonds. The number of carbonyl (C=O) groups is 2. The molecule has 0 aliphatic carbocycles. The molecule has 0 unspecified atom stereocenters. The number of methoxy groups -OCH3 is 2. The smallest absolute Gasteiger partial charge is 0.338 e. The van der Waals surface area contributed by atoms with Crippen molar-refractivity contribution < 1.29 is 23.8 Å². The lowest BCUT2D eigenvalue weighted by molar-refractivity contribution is -0.149. The van der Waals surface area contributed by atoms with Gasteiger partial charge in [-0.3, -0.25) is 4.79 Å². The van der Waals surface area contributed by atoms with Gasteiger partial charge in [0.2, 0.25) is 0 Å². The zero-order valence-corrected chi connectivity index (χ0v) is 27.2. The number of fused-ring (bicyclic) bond motifs is 1. The molecule has 1 aromatic heterocycles. The second-order valence-corrected chi connectivity index (χ2v) is 11.6. The number of nitrogens with one attached hydrogen (secondary N) is 1. The van der Waals surface area contributed by atoms with E-state index in [1.807, 2.05) is 69.3 Å². The third-order valence-electron chi connectivity index (χ3n) is 7.30. The maximum atomic E-state index is 13.1. The summed E-state index contributed by atoms with van der Waals surface area (Å²) in [6, 6.07) is 11.3. The van der Waals surface area contributed by atoms with Gasteiger partial charge in [0.05, 0.1) is 19.8 Å². The van der Waals surface area contributed by atoms with Gasteiger partial charge in [0, 0.05) is 35.2 Å². The molecule has 0 atom stereocenters. The summed E-state index contributed by atoms with van der Waals surface area (Å²) in [6.07, 6.45) is 5.38. The molecule has 2 aromatic carbocycles. The van der Waals surface area contributed by atoms with E-state index in [1.165, 1.54) is 0 Å². The van der Waals surface area contributed by atoms with E-state index >= 15 is 0 Å². The van der Waals surface area contributed by atoms with Gasteiger partial charge in [-0.25, -0.2) is 4.79 Å². The Morgan fingerprint density at radius 1 is 0.955 bits per heavy atom. The number of allylic oxidation sites excluding steroid dienone is 5. The van der Waals surface area contributed by atoms with Gasteiger partial charge in [-0.15, -0.1) is 0 Å². The lowest BCUT2D eigenvalue weighted by Gasteiger charge is -2.21. The SMILES string of the molecule is C=C(/C=C\C(=C)C(=C)/C(=C\C)C(=O)OC(C)(C)C)Cn1c(C)c(C)c2cc(C(=O)NCc3ccc(OC)c(OC)c3)ccc21. The summed E-state index contributed by atoms with van der Waals surface area (Å²) >= 11 is 0. The predicted molar refractivity (Wildman–Crippen MR) is 178 cm³/mol. The Hall–Kier alpha value is -4.78. The topological polar surface area (TPSA) is 78.8 Å². The van der Waals surface area contributed by atoms with Gasteiger partial charge >= 0.3 is 5.97 Å². The highest BCUT2D eigenvalue weighted by Crippen LogP contribution is 2.29. The van der Waals surface area contributed by atoms with Gasteiger partial charge in [0.25, 0.3) is 5.91 Å². The van der Waals surface area contributed by atoms with Crippen LogP contribution in [0.1, 0.15) is 54.9 Å². The number of amides is 1. The van der Waals surface area contributed by atoms with Gasteiger partial charge in [-0.2, -0.15) is 0 Å². The largest absolute Gasteiger partial charge is 0.493 e. The first-order chi connectivity index (χ1) is 20.7. The fraction of sp³-hybridized carbons (Fsp3) is 0.297. The standard InChI is InChI=1S/C37H44N2O5/c1-12-30(36(41)44-37(7,8)9)25(4)24(3)14-13-23(2)22-39-27(6)26(5)31-20-29(16-17-32(31)39)35(40)38-21-28-15-18-33(42-10)34(19-28)43-11/h12-20H,2-4,21-22H2,1,5-11H3,(H,38,40)/b14-13-,30-12+. The van der Waals surface area contributed by atoms with Crippen molar-refractivity contribution in [2.24, 2.45) is 0 Å². The van der Waals surface area contributed by atoms with Crippen LogP contribution >= 0.6 is 0 Å². The van der Waals surface area contributed by atoms with E-state index < -0.39 is 11.6 Å². The normalized spacial score (nSPS) is 11.9. The fourth-order valence-corrected chi connectivity index (χ4v) is 4.77. The van der Waals surface area contributed by atoms with Crippen LogP contribution in [0.5, 0.6) is 11.5 Å². The molecule has 3 rings (SSSR count). The number of nitrogens with zero attached hydrogens (tertiary/aromatic N) is 1. The number of esters is 1. The number of aryl methyl sites for hydroxylation is 1. The first-order valence-electron chi connectivity index (χ1n) is 14.4. The predicted octanol–water partition coefficient (Wildman–Crippen LogP) is 7.72. The molecule has 44 heavy (non-hydrogen) atoms. The number of hydrogen-bond donors (Lipinski definition) is 1. The summed E-state index contributed by atoms with van der Waals surface area (Å²) in [4.78, 5) is 25.7.